The quantitative estimate of drug-likeness (QED) is 0.863. The van der Waals surface area contributed by atoms with Crippen molar-refractivity contribution in [2.45, 2.75) is 13.1 Å². The monoisotopic (exact) mass is 252 g/mol. The van der Waals surface area contributed by atoms with Gasteiger partial charge in [0.1, 0.15) is 0 Å². The largest absolute Gasteiger partial charge is 0.334 e. The van der Waals surface area contributed by atoms with Gasteiger partial charge >= 0.3 is 6.03 Å². The molecule has 0 saturated heterocycles. The Balaban J connectivity index is 1.69. The molecule has 2 N–H and O–H groups in total. The average Bonchev–Trinajstić information content (AvgIpc) is 2.96. The molecule has 5 heteroatoms. The number of carbonyl (C=O) groups is 1. The number of thiophene rings is 2. The Morgan fingerprint density at radius 3 is 2.75 bits per heavy atom. The number of rotatable bonds is 4. The van der Waals surface area contributed by atoms with E-state index in [-0.39, 0.29) is 6.03 Å². The Bertz CT molecular complexity index is 383. The molecular formula is C11H12N2OS2. The van der Waals surface area contributed by atoms with E-state index in [4.69, 9.17) is 0 Å². The fraction of sp³-hybridized carbons (Fsp3) is 0.182. The molecule has 2 rings (SSSR count). The molecular weight excluding hydrogens is 240 g/mol. The fourth-order valence-electron chi connectivity index (χ4n) is 1.22. The molecule has 0 aliphatic rings. The first-order chi connectivity index (χ1) is 7.84. The predicted octanol–water partition coefficient (Wildman–Crippen LogP) is 2.81. The first kappa shape index (κ1) is 11.2. The second-order valence-corrected chi connectivity index (χ2v) is 5.06. The normalized spacial score (nSPS) is 10.0. The summed E-state index contributed by atoms with van der Waals surface area (Å²) in [5.74, 6) is 0. The number of hydrogen-bond acceptors (Lipinski definition) is 3. The van der Waals surface area contributed by atoms with Crippen LogP contribution in [-0.4, -0.2) is 6.03 Å². The van der Waals surface area contributed by atoms with Gasteiger partial charge in [0.15, 0.2) is 0 Å². The number of amides is 2. The molecule has 2 heterocycles. The lowest BCUT2D eigenvalue weighted by Gasteiger charge is -2.05. The van der Waals surface area contributed by atoms with Crippen LogP contribution in [0.1, 0.15) is 10.4 Å². The summed E-state index contributed by atoms with van der Waals surface area (Å²) in [5, 5.41) is 11.6. The van der Waals surface area contributed by atoms with Gasteiger partial charge in [-0.1, -0.05) is 6.07 Å². The molecule has 0 aliphatic carbocycles. The second kappa shape index (κ2) is 5.67. The summed E-state index contributed by atoms with van der Waals surface area (Å²) in [4.78, 5) is 12.6. The zero-order chi connectivity index (χ0) is 11.2. The van der Waals surface area contributed by atoms with Gasteiger partial charge in [0.25, 0.3) is 0 Å². The highest BCUT2D eigenvalue weighted by molar-refractivity contribution is 7.09. The van der Waals surface area contributed by atoms with Gasteiger partial charge in [-0.25, -0.2) is 4.79 Å². The molecule has 2 amide bonds. The predicted molar refractivity (Wildman–Crippen MR) is 67.7 cm³/mol. The van der Waals surface area contributed by atoms with Gasteiger partial charge in [0.2, 0.25) is 0 Å². The van der Waals surface area contributed by atoms with Crippen LogP contribution in [0.4, 0.5) is 4.79 Å². The van der Waals surface area contributed by atoms with Crippen molar-refractivity contribution in [1.82, 2.24) is 10.6 Å². The molecule has 0 aliphatic heterocycles. The maximum atomic E-state index is 11.4. The number of nitrogens with one attached hydrogen (secondary N) is 2. The van der Waals surface area contributed by atoms with Crippen LogP contribution in [0.5, 0.6) is 0 Å². The van der Waals surface area contributed by atoms with Crippen LogP contribution in [0.2, 0.25) is 0 Å². The van der Waals surface area contributed by atoms with Crippen molar-refractivity contribution in [2.75, 3.05) is 0 Å². The second-order valence-electron chi connectivity index (χ2n) is 3.25. The molecule has 0 radical (unpaired) electrons. The van der Waals surface area contributed by atoms with Gasteiger partial charge in [-0.3, -0.25) is 0 Å². The number of urea groups is 1. The van der Waals surface area contributed by atoms with Crippen molar-refractivity contribution < 1.29 is 4.79 Å². The Kier molecular flexibility index (Phi) is 3.96. The summed E-state index contributed by atoms with van der Waals surface area (Å²) in [7, 11) is 0. The summed E-state index contributed by atoms with van der Waals surface area (Å²) >= 11 is 3.27. The van der Waals surface area contributed by atoms with E-state index in [9.17, 15) is 4.79 Å². The molecule has 0 aromatic carbocycles. The van der Waals surface area contributed by atoms with Crippen LogP contribution in [0.3, 0.4) is 0 Å². The lowest BCUT2D eigenvalue weighted by Crippen LogP contribution is -2.34. The summed E-state index contributed by atoms with van der Waals surface area (Å²) in [5.41, 5.74) is 1.14. The minimum atomic E-state index is -0.125. The smallest absolute Gasteiger partial charge is 0.315 e. The van der Waals surface area contributed by atoms with Crippen molar-refractivity contribution >= 4 is 28.7 Å². The third-order valence-corrected chi connectivity index (χ3v) is 3.64. The highest BCUT2D eigenvalue weighted by atomic mass is 32.1. The van der Waals surface area contributed by atoms with Crippen LogP contribution >= 0.6 is 22.7 Å². The minimum Gasteiger partial charge on any atom is -0.334 e. The Morgan fingerprint density at radius 2 is 2.06 bits per heavy atom. The maximum Gasteiger partial charge on any atom is 0.315 e. The highest BCUT2D eigenvalue weighted by Crippen LogP contribution is 2.07. The van der Waals surface area contributed by atoms with E-state index in [1.54, 1.807) is 22.7 Å². The molecule has 0 unspecified atom stereocenters. The molecule has 0 spiro atoms. The van der Waals surface area contributed by atoms with Gasteiger partial charge < -0.3 is 10.6 Å². The Morgan fingerprint density at radius 1 is 1.19 bits per heavy atom. The third kappa shape index (κ3) is 3.36. The summed E-state index contributed by atoms with van der Waals surface area (Å²) in [6.07, 6.45) is 0. The SMILES string of the molecule is O=C(NCc1ccsc1)NCc1cccs1. The van der Waals surface area contributed by atoms with Gasteiger partial charge in [-0.15, -0.1) is 11.3 Å². The molecule has 84 valence electrons. The third-order valence-electron chi connectivity index (χ3n) is 2.04. The lowest BCUT2D eigenvalue weighted by molar-refractivity contribution is 0.240. The molecule has 2 aromatic rings. The topological polar surface area (TPSA) is 41.1 Å². The van der Waals surface area contributed by atoms with Crippen LogP contribution < -0.4 is 10.6 Å². The molecule has 0 atom stereocenters. The van der Waals surface area contributed by atoms with Gasteiger partial charge in [0.05, 0.1) is 6.54 Å². The van der Waals surface area contributed by atoms with E-state index in [0.717, 1.165) is 10.4 Å². The van der Waals surface area contributed by atoms with E-state index >= 15 is 0 Å². The van der Waals surface area contributed by atoms with E-state index in [2.05, 4.69) is 10.6 Å². The van der Waals surface area contributed by atoms with E-state index < -0.39 is 0 Å². The van der Waals surface area contributed by atoms with Gasteiger partial charge in [-0.2, -0.15) is 11.3 Å². The number of hydrogen-bond donors (Lipinski definition) is 2. The summed E-state index contributed by atoms with van der Waals surface area (Å²) in [6.45, 7) is 1.17. The van der Waals surface area contributed by atoms with E-state index in [1.807, 2.05) is 34.3 Å². The fourth-order valence-corrected chi connectivity index (χ4v) is 2.53. The first-order valence-corrected chi connectivity index (χ1v) is 6.72. The molecule has 0 bridgehead atoms. The summed E-state index contributed by atoms with van der Waals surface area (Å²) < 4.78 is 0. The van der Waals surface area contributed by atoms with E-state index in [1.165, 1.54) is 0 Å². The standard InChI is InChI=1S/C11H12N2OS2/c14-11(12-6-9-3-5-15-8-9)13-7-10-2-1-4-16-10/h1-5,8H,6-7H2,(H2,12,13,14). The van der Waals surface area contributed by atoms with Crippen LogP contribution in [0.25, 0.3) is 0 Å². The first-order valence-electron chi connectivity index (χ1n) is 4.90. The van der Waals surface area contributed by atoms with Crippen molar-refractivity contribution in [1.29, 1.82) is 0 Å². The average molecular weight is 252 g/mol. The molecule has 2 aromatic heterocycles. The van der Waals surface area contributed by atoms with Crippen molar-refractivity contribution in [2.24, 2.45) is 0 Å². The maximum absolute atomic E-state index is 11.4. The van der Waals surface area contributed by atoms with Crippen LogP contribution in [0.15, 0.2) is 34.3 Å². The summed E-state index contributed by atoms with van der Waals surface area (Å²) in [6, 6.07) is 5.86. The van der Waals surface area contributed by atoms with Crippen LogP contribution in [0, 0.1) is 0 Å². The molecule has 0 fully saturated rings. The molecule has 16 heavy (non-hydrogen) atoms. The Labute approximate surface area is 102 Å². The van der Waals surface area contributed by atoms with Gasteiger partial charge in [0, 0.05) is 11.4 Å². The lowest BCUT2D eigenvalue weighted by atomic mass is 10.3. The molecule has 0 saturated carbocycles. The number of carbonyl (C=O) groups excluding carboxylic acids is 1. The molecule has 3 nitrogen and oxygen atoms in total. The zero-order valence-electron chi connectivity index (χ0n) is 8.60. The van der Waals surface area contributed by atoms with Crippen molar-refractivity contribution in [3.63, 3.8) is 0 Å². The minimum absolute atomic E-state index is 0.125. The highest BCUT2D eigenvalue weighted by Gasteiger charge is 2.00. The van der Waals surface area contributed by atoms with Crippen molar-refractivity contribution in [3.05, 3.63) is 44.8 Å². The van der Waals surface area contributed by atoms with Crippen LogP contribution in [-0.2, 0) is 13.1 Å². The zero-order valence-corrected chi connectivity index (χ0v) is 10.2. The van der Waals surface area contributed by atoms with Gasteiger partial charge in [-0.05, 0) is 33.8 Å². The Hall–Kier alpha value is -1.33. The van der Waals surface area contributed by atoms with Crippen molar-refractivity contribution in [3.8, 4) is 0 Å². The van der Waals surface area contributed by atoms with E-state index in [0.29, 0.717) is 13.1 Å².